The van der Waals surface area contributed by atoms with Gasteiger partial charge in [0.1, 0.15) is 0 Å². The van der Waals surface area contributed by atoms with E-state index in [2.05, 4.69) is 21.8 Å². The number of hydrogen-bond acceptors (Lipinski definition) is 4. The minimum atomic E-state index is 0.0570. The molecule has 1 atom stereocenters. The minimum absolute atomic E-state index is 0.0570. The summed E-state index contributed by atoms with van der Waals surface area (Å²) in [7, 11) is 2.10. The molecule has 3 saturated heterocycles. The van der Waals surface area contributed by atoms with E-state index in [0.29, 0.717) is 18.9 Å². The predicted molar refractivity (Wildman–Crippen MR) is 112 cm³/mol. The van der Waals surface area contributed by atoms with Crippen molar-refractivity contribution in [2.75, 3.05) is 33.2 Å². The number of hydrogen-bond donors (Lipinski definition) is 0. The molecule has 0 aromatic carbocycles. The minimum Gasteiger partial charge on any atom is -0.341 e. The summed E-state index contributed by atoms with van der Waals surface area (Å²) in [5, 5.41) is 0. The molecule has 0 saturated carbocycles. The van der Waals surface area contributed by atoms with Crippen molar-refractivity contribution in [3.63, 3.8) is 0 Å². The molecule has 4 heterocycles. The van der Waals surface area contributed by atoms with Crippen LogP contribution in [0.4, 0.5) is 0 Å². The fourth-order valence-corrected chi connectivity index (χ4v) is 5.34. The Kier molecular flexibility index (Phi) is 6.18. The summed E-state index contributed by atoms with van der Waals surface area (Å²) < 4.78 is 0. The highest BCUT2D eigenvalue weighted by Crippen LogP contribution is 2.41. The molecule has 3 fully saturated rings. The molecular weight excluding hydrogens is 364 g/mol. The van der Waals surface area contributed by atoms with E-state index in [9.17, 15) is 9.59 Å². The van der Waals surface area contributed by atoms with Gasteiger partial charge in [-0.1, -0.05) is 18.9 Å². The molecule has 1 aromatic heterocycles. The number of likely N-dealkylation sites (tertiary alicyclic amines) is 3. The lowest BCUT2D eigenvalue weighted by molar-refractivity contribution is -0.145. The van der Waals surface area contributed by atoms with Gasteiger partial charge in [0.25, 0.3) is 0 Å². The summed E-state index contributed by atoms with van der Waals surface area (Å²) in [5.41, 5.74) is 1.25. The third-order valence-electron chi connectivity index (χ3n) is 7.29. The first-order valence-corrected chi connectivity index (χ1v) is 11.2. The van der Waals surface area contributed by atoms with Crippen molar-refractivity contribution in [1.29, 1.82) is 0 Å². The fourth-order valence-electron chi connectivity index (χ4n) is 5.34. The molecule has 0 unspecified atom stereocenters. The standard InChI is InChI=1S/C23H34N4O2/c1-25-13-4-2-3-7-20(25)22(29)26-14-10-23(11-15-26)9-8-21(28)27(18-23)17-19-6-5-12-24-16-19/h5-6,12,16,20H,2-4,7-11,13-15,17-18H2,1H3/t20-/m0/s1. The molecule has 6 heteroatoms. The summed E-state index contributed by atoms with van der Waals surface area (Å²) >= 11 is 0. The maximum Gasteiger partial charge on any atom is 0.239 e. The summed E-state index contributed by atoms with van der Waals surface area (Å²) in [6, 6.07) is 4.02. The van der Waals surface area contributed by atoms with Crippen LogP contribution in [-0.4, -0.2) is 70.8 Å². The van der Waals surface area contributed by atoms with Crippen LogP contribution in [-0.2, 0) is 16.1 Å². The van der Waals surface area contributed by atoms with Crippen LogP contribution in [0.15, 0.2) is 24.5 Å². The molecule has 3 aliphatic rings. The van der Waals surface area contributed by atoms with Crippen molar-refractivity contribution in [2.24, 2.45) is 5.41 Å². The van der Waals surface area contributed by atoms with Crippen LogP contribution in [0.25, 0.3) is 0 Å². The zero-order valence-corrected chi connectivity index (χ0v) is 17.7. The van der Waals surface area contributed by atoms with E-state index in [1.54, 1.807) is 6.20 Å². The lowest BCUT2D eigenvalue weighted by Gasteiger charge is -2.48. The average Bonchev–Trinajstić information content (AvgIpc) is 2.96. The van der Waals surface area contributed by atoms with Gasteiger partial charge in [-0.05, 0) is 62.7 Å². The molecule has 0 bridgehead atoms. The Morgan fingerprint density at radius 1 is 1.17 bits per heavy atom. The first-order valence-electron chi connectivity index (χ1n) is 11.2. The smallest absolute Gasteiger partial charge is 0.239 e. The van der Waals surface area contributed by atoms with E-state index in [0.717, 1.165) is 63.8 Å². The van der Waals surface area contributed by atoms with Gasteiger partial charge >= 0.3 is 0 Å². The maximum absolute atomic E-state index is 13.2. The first kappa shape index (κ1) is 20.3. The molecule has 4 rings (SSSR count). The molecule has 0 N–H and O–H groups in total. The Bertz CT molecular complexity index is 715. The van der Waals surface area contributed by atoms with Crippen LogP contribution in [0.5, 0.6) is 0 Å². The highest BCUT2D eigenvalue weighted by atomic mass is 16.2. The number of carbonyl (C=O) groups excluding carboxylic acids is 2. The molecular formula is C23H34N4O2. The zero-order valence-electron chi connectivity index (χ0n) is 17.7. The van der Waals surface area contributed by atoms with E-state index in [1.165, 1.54) is 12.8 Å². The average molecular weight is 399 g/mol. The molecule has 1 spiro atoms. The van der Waals surface area contributed by atoms with E-state index in [-0.39, 0.29) is 17.4 Å². The van der Waals surface area contributed by atoms with Crippen LogP contribution >= 0.6 is 0 Å². The molecule has 29 heavy (non-hydrogen) atoms. The molecule has 1 aromatic rings. The molecule has 158 valence electrons. The quantitative estimate of drug-likeness (QED) is 0.786. The number of rotatable bonds is 3. The van der Waals surface area contributed by atoms with Crippen LogP contribution in [0.3, 0.4) is 0 Å². The van der Waals surface area contributed by atoms with Crippen LogP contribution in [0.2, 0.25) is 0 Å². The van der Waals surface area contributed by atoms with Crippen LogP contribution in [0.1, 0.15) is 56.9 Å². The van der Waals surface area contributed by atoms with Crippen molar-refractivity contribution in [3.8, 4) is 0 Å². The molecule has 3 aliphatic heterocycles. The lowest BCUT2D eigenvalue weighted by atomic mass is 9.72. The number of likely N-dealkylation sites (N-methyl/N-ethyl adjacent to an activating group) is 1. The van der Waals surface area contributed by atoms with Gasteiger partial charge in [0.2, 0.25) is 11.8 Å². The van der Waals surface area contributed by atoms with Gasteiger partial charge in [0.15, 0.2) is 0 Å². The van der Waals surface area contributed by atoms with Gasteiger partial charge in [-0.25, -0.2) is 0 Å². The van der Waals surface area contributed by atoms with Crippen LogP contribution < -0.4 is 0 Å². The largest absolute Gasteiger partial charge is 0.341 e. The van der Waals surface area contributed by atoms with E-state index < -0.39 is 0 Å². The van der Waals surface area contributed by atoms with Gasteiger partial charge in [-0.15, -0.1) is 0 Å². The molecule has 0 radical (unpaired) electrons. The Labute approximate surface area is 174 Å². The summed E-state index contributed by atoms with van der Waals surface area (Å²) in [6.07, 6.45) is 11.8. The monoisotopic (exact) mass is 398 g/mol. The molecule has 6 nitrogen and oxygen atoms in total. The van der Waals surface area contributed by atoms with Gasteiger partial charge in [0, 0.05) is 45.0 Å². The third kappa shape index (κ3) is 4.63. The second-order valence-corrected chi connectivity index (χ2v) is 9.28. The number of pyridine rings is 1. The Morgan fingerprint density at radius 3 is 2.76 bits per heavy atom. The number of nitrogens with zero attached hydrogens (tertiary/aromatic N) is 4. The number of piperidine rings is 2. The number of carbonyl (C=O) groups is 2. The predicted octanol–water partition coefficient (Wildman–Crippen LogP) is 2.69. The van der Waals surface area contributed by atoms with Gasteiger partial charge in [-0.2, -0.15) is 0 Å². The summed E-state index contributed by atoms with van der Waals surface area (Å²) in [4.78, 5) is 36.2. The summed E-state index contributed by atoms with van der Waals surface area (Å²) in [6.45, 7) is 4.14. The Balaban J connectivity index is 1.36. The van der Waals surface area contributed by atoms with E-state index in [1.807, 2.05) is 23.2 Å². The van der Waals surface area contributed by atoms with Crippen molar-refractivity contribution < 1.29 is 9.59 Å². The SMILES string of the molecule is CN1CCCCC[C@H]1C(=O)N1CCC2(CCC(=O)N(Cc3cccnc3)C2)CC1. The zero-order chi connectivity index (χ0) is 20.3. The normalized spacial score (nSPS) is 25.8. The highest BCUT2D eigenvalue weighted by molar-refractivity contribution is 5.82. The van der Waals surface area contributed by atoms with Crippen molar-refractivity contribution in [3.05, 3.63) is 30.1 Å². The highest BCUT2D eigenvalue weighted by Gasteiger charge is 2.42. The van der Waals surface area contributed by atoms with Crippen molar-refractivity contribution >= 4 is 11.8 Å². The van der Waals surface area contributed by atoms with Crippen molar-refractivity contribution in [2.45, 2.75) is 64.0 Å². The molecule has 2 amide bonds. The van der Waals surface area contributed by atoms with E-state index >= 15 is 0 Å². The third-order valence-corrected chi connectivity index (χ3v) is 7.29. The number of amides is 2. The van der Waals surface area contributed by atoms with Gasteiger partial charge < -0.3 is 9.80 Å². The Morgan fingerprint density at radius 2 is 2.00 bits per heavy atom. The second kappa shape index (κ2) is 8.82. The first-order chi connectivity index (χ1) is 14.1. The second-order valence-electron chi connectivity index (χ2n) is 9.28. The topological polar surface area (TPSA) is 56.8 Å². The number of aromatic nitrogens is 1. The summed E-state index contributed by atoms with van der Waals surface area (Å²) in [5.74, 6) is 0.571. The van der Waals surface area contributed by atoms with Crippen LogP contribution in [0, 0.1) is 5.41 Å². The van der Waals surface area contributed by atoms with E-state index in [4.69, 9.17) is 0 Å². The molecule has 0 aliphatic carbocycles. The van der Waals surface area contributed by atoms with Crippen molar-refractivity contribution in [1.82, 2.24) is 19.7 Å². The van der Waals surface area contributed by atoms with Gasteiger partial charge in [-0.3, -0.25) is 19.5 Å². The van der Waals surface area contributed by atoms with Gasteiger partial charge in [0.05, 0.1) is 6.04 Å². The maximum atomic E-state index is 13.2. The fraction of sp³-hybridized carbons (Fsp3) is 0.696. The Hall–Kier alpha value is -1.95. The lowest BCUT2D eigenvalue weighted by Crippen LogP contribution is -2.54.